The first-order valence-corrected chi connectivity index (χ1v) is 7.61. The van der Waals surface area contributed by atoms with E-state index < -0.39 is 37.5 Å². The molecule has 0 unspecified atom stereocenters. The maximum absolute atomic E-state index is 12.5. The van der Waals surface area contributed by atoms with Crippen LogP contribution in [0.2, 0.25) is 0 Å². The Morgan fingerprint density at radius 2 is 2.00 bits per heavy atom. The largest absolute Gasteiger partial charge is 0.473 e. The number of carbonyl (C=O) groups excluding carboxylic acids is 1. The van der Waals surface area contributed by atoms with E-state index in [2.05, 4.69) is 9.72 Å². The van der Waals surface area contributed by atoms with E-state index in [9.17, 15) is 26.4 Å². The van der Waals surface area contributed by atoms with Gasteiger partial charge in [-0.05, 0) is 6.07 Å². The second-order valence-electron chi connectivity index (χ2n) is 3.65. The number of esters is 1. The molecule has 21 heavy (non-hydrogen) atoms. The predicted molar refractivity (Wildman–Crippen MR) is 64.4 cm³/mol. The van der Waals surface area contributed by atoms with Crippen LogP contribution in [0.4, 0.5) is 13.2 Å². The van der Waals surface area contributed by atoms with Crippen molar-refractivity contribution in [2.75, 3.05) is 13.2 Å². The van der Waals surface area contributed by atoms with E-state index in [1.54, 1.807) is 0 Å². The molecule has 0 atom stereocenters. The van der Waals surface area contributed by atoms with Gasteiger partial charge >= 0.3 is 12.1 Å². The Kier molecular flexibility index (Phi) is 5.40. The molecule has 1 heterocycles. The summed E-state index contributed by atoms with van der Waals surface area (Å²) in [5, 5.41) is 0. The summed E-state index contributed by atoms with van der Waals surface area (Å²) in [6.45, 7) is 0.627. The number of halogens is 4. The molecule has 0 aliphatic carbocycles. The fraction of sp³-hybridized carbons (Fsp3) is 0.400. The number of rotatable bonds is 5. The number of pyridine rings is 1. The lowest BCUT2D eigenvalue weighted by Crippen LogP contribution is -2.13. The molecule has 6 nitrogen and oxygen atoms in total. The van der Waals surface area contributed by atoms with Crippen molar-refractivity contribution in [2.45, 2.75) is 18.0 Å². The van der Waals surface area contributed by atoms with E-state index in [1.165, 1.54) is 0 Å². The number of ether oxygens (including phenoxy) is 2. The zero-order valence-corrected chi connectivity index (χ0v) is 12.0. The van der Waals surface area contributed by atoms with Crippen LogP contribution >= 0.6 is 10.7 Å². The van der Waals surface area contributed by atoms with Gasteiger partial charge in [-0.25, -0.2) is 13.4 Å². The van der Waals surface area contributed by atoms with Gasteiger partial charge in [0, 0.05) is 23.8 Å². The fourth-order valence-electron chi connectivity index (χ4n) is 1.19. The number of hydrogen-bond acceptors (Lipinski definition) is 6. The van der Waals surface area contributed by atoms with Gasteiger partial charge in [0.1, 0.15) is 18.1 Å². The average molecular weight is 348 g/mol. The van der Waals surface area contributed by atoms with Crippen LogP contribution < -0.4 is 4.74 Å². The molecule has 0 aliphatic heterocycles. The van der Waals surface area contributed by atoms with Gasteiger partial charge in [-0.3, -0.25) is 4.79 Å². The molecule has 1 rings (SSSR count). The highest BCUT2D eigenvalue weighted by molar-refractivity contribution is 8.13. The lowest BCUT2D eigenvalue weighted by Gasteiger charge is -2.11. The van der Waals surface area contributed by atoms with Crippen molar-refractivity contribution in [3.05, 3.63) is 17.8 Å². The summed E-state index contributed by atoms with van der Waals surface area (Å²) in [5.74, 6) is -1.20. The summed E-state index contributed by atoms with van der Waals surface area (Å²) in [7, 11) is 0.556. The molecule has 11 heteroatoms. The third-order valence-electron chi connectivity index (χ3n) is 2.04. The first-order valence-electron chi connectivity index (χ1n) is 5.30. The molecule has 0 saturated heterocycles. The molecule has 118 valence electrons. The first kappa shape index (κ1) is 17.5. The zero-order valence-electron chi connectivity index (χ0n) is 10.5. The van der Waals surface area contributed by atoms with Gasteiger partial charge in [0.25, 0.3) is 9.05 Å². The number of hydrogen-bond donors (Lipinski definition) is 0. The van der Waals surface area contributed by atoms with Gasteiger partial charge in [0.05, 0.1) is 5.56 Å². The highest BCUT2D eigenvalue weighted by Crippen LogP contribution is 2.34. The summed E-state index contributed by atoms with van der Waals surface area (Å²) in [6.07, 6.45) is -4.37. The van der Waals surface area contributed by atoms with Crippen molar-refractivity contribution < 1.29 is 35.9 Å². The minimum atomic E-state index is -4.78. The van der Waals surface area contributed by atoms with Gasteiger partial charge in [0.15, 0.2) is 0 Å². The molecule has 0 amide bonds. The molecule has 1 aromatic rings. The maximum atomic E-state index is 12.5. The van der Waals surface area contributed by atoms with Crippen LogP contribution in [0.25, 0.3) is 0 Å². The van der Waals surface area contributed by atoms with Crippen molar-refractivity contribution in [1.29, 1.82) is 0 Å². The van der Waals surface area contributed by atoms with Crippen LogP contribution in [0, 0.1) is 0 Å². The molecule has 0 bridgehead atoms. The van der Waals surface area contributed by atoms with Gasteiger partial charge < -0.3 is 9.47 Å². The Morgan fingerprint density at radius 1 is 1.38 bits per heavy atom. The van der Waals surface area contributed by atoms with Gasteiger partial charge in [-0.15, -0.1) is 0 Å². The second-order valence-corrected chi connectivity index (χ2v) is 6.19. The van der Waals surface area contributed by atoms with Gasteiger partial charge in [0.2, 0.25) is 5.88 Å². The monoisotopic (exact) mass is 347 g/mol. The minimum Gasteiger partial charge on any atom is -0.473 e. The summed E-state index contributed by atoms with van der Waals surface area (Å²) in [4.78, 5) is 12.9. The highest BCUT2D eigenvalue weighted by atomic mass is 35.7. The van der Waals surface area contributed by atoms with Crippen molar-refractivity contribution in [3.8, 4) is 5.88 Å². The quantitative estimate of drug-likeness (QED) is 0.460. The Bertz CT molecular complexity index is 632. The lowest BCUT2D eigenvalue weighted by atomic mass is 10.3. The smallest absolute Gasteiger partial charge is 0.417 e. The normalized spacial score (nSPS) is 12.0. The molecule has 0 fully saturated rings. The molecule has 0 N–H and O–H groups in total. The zero-order chi connectivity index (χ0) is 16.3. The Labute approximate surface area is 122 Å². The maximum Gasteiger partial charge on any atom is 0.417 e. The predicted octanol–water partition coefficient (Wildman–Crippen LogP) is 1.97. The van der Waals surface area contributed by atoms with Crippen LogP contribution in [-0.2, 0) is 24.8 Å². The standard InChI is InChI=1S/C10H9ClF3NO5S/c1-6(16)19-2-3-20-9-8(21(11,17)18)4-7(5-15-9)10(12,13)14/h4-5H,2-3H2,1H3. The van der Waals surface area contributed by atoms with Crippen molar-refractivity contribution in [3.63, 3.8) is 0 Å². The van der Waals surface area contributed by atoms with Crippen LogP contribution in [0.15, 0.2) is 17.2 Å². The summed E-state index contributed by atoms with van der Waals surface area (Å²) in [6, 6.07) is 0.316. The Hall–Kier alpha value is -1.55. The van der Waals surface area contributed by atoms with E-state index in [-0.39, 0.29) is 13.2 Å². The van der Waals surface area contributed by atoms with Crippen LogP contribution in [-0.4, -0.2) is 32.6 Å². The number of alkyl halides is 3. The minimum absolute atomic E-state index is 0.222. The molecule has 0 radical (unpaired) electrons. The van der Waals surface area contributed by atoms with Crippen molar-refractivity contribution in [2.24, 2.45) is 0 Å². The van der Waals surface area contributed by atoms with E-state index in [0.717, 1.165) is 6.92 Å². The third-order valence-corrected chi connectivity index (χ3v) is 3.35. The second kappa shape index (κ2) is 6.48. The van der Waals surface area contributed by atoms with E-state index >= 15 is 0 Å². The Morgan fingerprint density at radius 3 is 2.48 bits per heavy atom. The number of carbonyl (C=O) groups is 1. The van der Waals surface area contributed by atoms with Crippen LogP contribution in [0.5, 0.6) is 5.88 Å². The molecule has 0 saturated carbocycles. The topological polar surface area (TPSA) is 82.6 Å². The Balaban J connectivity index is 3.01. The summed E-state index contributed by atoms with van der Waals surface area (Å²) < 4.78 is 69.4. The number of nitrogens with zero attached hydrogens (tertiary/aromatic N) is 1. The molecule has 0 aromatic carbocycles. The first-order chi connectivity index (χ1) is 9.51. The van der Waals surface area contributed by atoms with Crippen LogP contribution in [0.3, 0.4) is 0 Å². The lowest BCUT2D eigenvalue weighted by molar-refractivity contribution is -0.142. The van der Waals surface area contributed by atoms with E-state index in [0.29, 0.717) is 12.3 Å². The van der Waals surface area contributed by atoms with E-state index in [4.69, 9.17) is 15.4 Å². The molecule has 0 aliphatic rings. The summed E-state index contributed by atoms with van der Waals surface area (Å²) in [5.41, 5.74) is -1.28. The van der Waals surface area contributed by atoms with E-state index in [1.807, 2.05) is 0 Å². The summed E-state index contributed by atoms with van der Waals surface area (Å²) >= 11 is 0. The number of aromatic nitrogens is 1. The average Bonchev–Trinajstić information content (AvgIpc) is 2.32. The molecule has 0 spiro atoms. The molecule has 1 aromatic heterocycles. The molecular formula is C10H9ClF3NO5S. The van der Waals surface area contributed by atoms with Crippen molar-refractivity contribution in [1.82, 2.24) is 4.98 Å². The van der Waals surface area contributed by atoms with Crippen molar-refractivity contribution >= 4 is 25.7 Å². The van der Waals surface area contributed by atoms with Gasteiger partial charge in [-0.2, -0.15) is 13.2 Å². The van der Waals surface area contributed by atoms with Crippen LogP contribution in [0.1, 0.15) is 12.5 Å². The SMILES string of the molecule is CC(=O)OCCOc1ncc(C(F)(F)F)cc1S(=O)(=O)Cl. The third kappa shape index (κ3) is 5.38. The fourth-order valence-corrected chi connectivity index (χ4v) is 2.11. The van der Waals surface area contributed by atoms with Gasteiger partial charge in [-0.1, -0.05) is 0 Å². The molecular weight excluding hydrogens is 339 g/mol. The highest BCUT2D eigenvalue weighted by Gasteiger charge is 2.33.